The Labute approximate surface area is 104 Å². The van der Waals surface area contributed by atoms with Gasteiger partial charge in [-0.3, -0.25) is 0 Å². The summed E-state index contributed by atoms with van der Waals surface area (Å²) in [5, 5.41) is 1.26. The van der Waals surface area contributed by atoms with Gasteiger partial charge < -0.3 is 9.30 Å². The van der Waals surface area contributed by atoms with E-state index in [0.29, 0.717) is 12.6 Å². The van der Waals surface area contributed by atoms with E-state index in [2.05, 4.69) is 58.6 Å². The molecule has 3 heteroatoms. The highest BCUT2D eigenvalue weighted by molar-refractivity contribution is 9.10. The van der Waals surface area contributed by atoms with Gasteiger partial charge in [-0.2, -0.15) is 0 Å². The van der Waals surface area contributed by atoms with Crippen LogP contribution in [0.1, 0.15) is 25.6 Å². The molecule has 1 aromatic heterocycles. The van der Waals surface area contributed by atoms with Gasteiger partial charge in [-0.05, 0) is 38.1 Å². The van der Waals surface area contributed by atoms with Crippen LogP contribution in [-0.2, 0) is 11.3 Å². The summed E-state index contributed by atoms with van der Waals surface area (Å²) >= 11 is 3.50. The van der Waals surface area contributed by atoms with E-state index >= 15 is 0 Å². The molecule has 0 bridgehead atoms. The molecule has 0 atom stereocenters. The molecule has 2 aromatic rings. The molecule has 0 saturated carbocycles. The molecule has 2 rings (SSSR count). The summed E-state index contributed by atoms with van der Waals surface area (Å²) in [6, 6.07) is 9.02. The van der Waals surface area contributed by atoms with Gasteiger partial charge in [0.15, 0.2) is 0 Å². The zero-order valence-corrected chi connectivity index (χ0v) is 11.4. The number of aromatic nitrogens is 1. The second-order valence-electron chi connectivity index (χ2n) is 4.24. The second kappa shape index (κ2) is 4.60. The van der Waals surface area contributed by atoms with Gasteiger partial charge in [-0.25, -0.2) is 0 Å². The van der Waals surface area contributed by atoms with Gasteiger partial charge in [0.1, 0.15) is 0 Å². The number of fused-ring (bicyclic) bond motifs is 1. The summed E-state index contributed by atoms with van der Waals surface area (Å²) in [7, 11) is 1.73. The van der Waals surface area contributed by atoms with Crippen molar-refractivity contribution >= 4 is 26.8 Å². The van der Waals surface area contributed by atoms with E-state index in [1.54, 1.807) is 7.11 Å². The first kappa shape index (κ1) is 11.7. The zero-order valence-electron chi connectivity index (χ0n) is 9.83. The third-order valence-electron chi connectivity index (χ3n) is 2.69. The van der Waals surface area contributed by atoms with Crippen LogP contribution in [0, 0.1) is 0 Å². The van der Waals surface area contributed by atoms with Crippen molar-refractivity contribution in [3.05, 3.63) is 34.4 Å². The van der Waals surface area contributed by atoms with E-state index < -0.39 is 0 Å². The van der Waals surface area contributed by atoms with Gasteiger partial charge in [0.2, 0.25) is 0 Å². The van der Waals surface area contributed by atoms with Gasteiger partial charge in [0.05, 0.1) is 6.61 Å². The lowest BCUT2D eigenvalue weighted by Crippen LogP contribution is -2.05. The summed E-state index contributed by atoms with van der Waals surface area (Å²) in [5.74, 6) is 0. The minimum atomic E-state index is 0.448. The number of rotatable bonds is 3. The third kappa shape index (κ3) is 2.02. The van der Waals surface area contributed by atoms with Gasteiger partial charge in [-0.15, -0.1) is 0 Å². The molecule has 0 unspecified atom stereocenters. The predicted octanol–water partition coefficient (Wildman–Crippen LogP) is 4.13. The molecular formula is C13H16BrNO. The first-order valence-electron chi connectivity index (χ1n) is 5.41. The Hall–Kier alpha value is -0.800. The number of ether oxygens (including phenoxy) is 1. The molecule has 0 N–H and O–H groups in total. The van der Waals surface area contributed by atoms with Crippen molar-refractivity contribution < 1.29 is 4.74 Å². The number of nitrogens with zero attached hydrogens (tertiary/aromatic N) is 1. The maximum Gasteiger partial charge on any atom is 0.0864 e. The van der Waals surface area contributed by atoms with Gasteiger partial charge >= 0.3 is 0 Å². The summed E-state index contributed by atoms with van der Waals surface area (Å²) in [4.78, 5) is 0. The molecule has 2 nitrogen and oxygen atoms in total. The Bertz CT molecular complexity index is 502. The van der Waals surface area contributed by atoms with Crippen LogP contribution in [0.4, 0.5) is 0 Å². The molecule has 1 heterocycles. The van der Waals surface area contributed by atoms with Crippen molar-refractivity contribution in [3.8, 4) is 0 Å². The highest BCUT2D eigenvalue weighted by Gasteiger charge is 2.11. The van der Waals surface area contributed by atoms with Crippen LogP contribution in [0.5, 0.6) is 0 Å². The van der Waals surface area contributed by atoms with Crippen molar-refractivity contribution in [1.82, 2.24) is 4.57 Å². The maximum atomic E-state index is 5.25. The number of hydrogen-bond acceptors (Lipinski definition) is 1. The summed E-state index contributed by atoms with van der Waals surface area (Å²) in [5.41, 5.74) is 2.50. The van der Waals surface area contributed by atoms with Crippen LogP contribution in [-0.4, -0.2) is 11.7 Å². The van der Waals surface area contributed by atoms with Crippen molar-refractivity contribution in [2.75, 3.05) is 7.11 Å². The van der Waals surface area contributed by atoms with Gasteiger partial charge in [-0.1, -0.05) is 15.9 Å². The molecule has 1 aromatic carbocycles. The van der Waals surface area contributed by atoms with Crippen LogP contribution >= 0.6 is 15.9 Å². The highest BCUT2D eigenvalue weighted by atomic mass is 79.9. The normalized spacial score (nSPS) is 11.6. The smallest absolute Gasteiger partial charge is 0.0864 e. The molecule has 0 spiro atoms. The van der Waals surface area contributed by atoms with Crippen LogP contribution in [0.15, 0.2) is 28.7 Å². The monoisotopic (exact) mass is 281 g/mol. The van der Waals surface area contributed by atoms with Crippen LogP contribution in [0.3, 0.4) is 0 Å². The van der Waals surface area contributed by atoms with E-state index in [4.69, 9.17) is 4.74 Å². The fourth-order valence-electron chi connectivity index (χ4n) is 2.13. The lowest BCUT2D eigenvalue weighted by atomic mass is 10.2. The number of methoxy groups -OCH3 is 1. The molecule has 86 valence electrons. The van der Waals surface area contributed by atoms with E-state index in [-0.39, 0.29) is 0 Å². The van der Waals surface area contributed by atoms with Crippen molar-refractivity contribution in [3.63, 3.8) is 0 Å². The second-order valence-corrected chi connectivity index (χ2v) is 5.15. The fraction of sp³-hybridized carbons (Fsp3) is 0.385. The SMILES string of the molecule is COCc1cc2cc(Br)ccc2n1C(C)C. The molecule has 0 aliphatic carbocycles. The molecule has 0 fully saturated rings. The Morgan fingerprint density at radius 3 is 2.69 bits per heavy atom. The topological polar surface area (TPSA) is 14.2 Å². The Morgan fingerprint density at radius 1 is 1.31 bits per heavy atom. The average molecular weight is 282 g/mol. The molecule has 0 aliphatic heterocycles. The Kier molecular flexibility index (Phi) is 3.36. The van der Waals surface area contributed by atoms with Crippen molar-refractivity contribution in [2.45, 2.75) is 26.5 Å². The van der Waals surface area contributed by atoms with Gasteiger partial charge in [0.25, 0.3) is 0 Å². The first-order valence-corrected chi connectivity index (χ1v) is 6.21. The van der Waals surface area contributed by atoms with E-state index in [1.165, 1.54) is 16.6 Å². The lowest BCUT2D eigenvalue weighted by Gasteiger charge is -2.14. The highest BCUT2D eigenvalue weighted by Crippen LogP contribution is 2.27. The number of halogens is 1. The summed E-state index contributed by atoms with van der Waals surface area (Å²) < 4.78 is 8.69. The largest absolute Gasteiger partial charge is 0.378 e. The summed E-state index contributed by atoms with van der Waals surface area (Å²) in [6.45, 7) is 5.05. The molecule has 0 aliphatic rings. The molecule has 0 radical (unpaired) electrons. The minimum absolute atomic E-state index is 0.448. The first-order chi connectivity index (χ1) is 7.63. The summed E-state index contributed by atoms with van der Waals surface area (Å²) in [6.07, 6.45) is 0. The zero-order chi connectivity index (χ0) is 11.7. The minimum Gasteiger partial charge on any atom is -0.378 e. The Morgan fingerprint density at radius 2 is 2.06 bits per heavy atom. The van der Waals surface area contributed by atoms with E-state index in [9.17, 15) is 0 Å². The Balaban J connectivity index is 2.65. The predicted molar refractivity (Wildman–Crippen MR) is 70.7 cm³/mol. The average Bonchev–Trinajstić information content (AvgIpc) is 2.55. The van der Waals surface area contributed by atoms with Gasteiger partial charge in [0, 0.05) is 34.2 Å². The van der Waals surface area contributed by atoms with Crippen LogP contribution in [0.2, 0.25) is 0 Å². The third-order valence-corrected chi connectivity index (χ3v) is 3.18. The lowest BCUT2D eigenvalue weighted by molar-refractivity contribution is 0.177. The quantitative estimate of drug-likeness (QED) is 0.825. The van der Waals surface area contributed by atoms with E-state index in [1.807, 2.05) is 0 Å². The molecule has 0 amide bonds. The molecule has 0 saturated heterocycles. The van der Waals surface area contributed by atoms with Crippen LogP contribution < -0.4 is 0 Å². The standard InChI is InChI=1S/C13H16BrNO/c1-9(2)15-12(8-16-3)7-10-6-11(14)4-5-13(10)15/h4-7,9H,8H2,1-3H3. The van der Waals surface area contributed by atoms with E-state index in [0.717, 1.165) is 4.47 Å². The molecule has 16 heavy (non-hydrogen) atoms. The molecular weight excluding hydrogens is 266 g/mol. The maximum absolute atomic E-state index is 5.25. The van der Waals surface area contributed by atoms with Crippen LogP contribution in [0.25, 0.3) is 10.9 Å². The number of benzene rings is 1. The van der Waals surface area contributed by atoms with Crippen molar-refractivity contribution in [2.24, 2.45) is 0 Å². The number of hydrogen-bond donors (Lipinski definition) is 0. The van der Waals surface area contributed by atoms with Crippen molar-refractivity contribution in [1.29, 1.82) is 0 Å². The fourth-order valence-corrected chi connectivity index (χ4v) is 2.51.